The van der Waals surface area contributed by atoms with Gasteiger partial charge in [0.2, 0.25) is 0 Å². The van der Waals surface area contributed by atoms with E-state index in [4.69, 9.17) is 4.74 Å². The number of benzene rings is 1. The molecule has 6 heteroatoms. The Balaban J connectivity index is 1.50. The van der Waals surface area contributed by atoms with Crippen LogP contribution in [0.25, 0.3) is 0 Å². The fraction of sp³-hybridized carbons (Fsp3) is 0.600. The first-order valence-corrected chi connectivity index (χ1v) is 9.27. The van der Waals surface area contributed by atoms with E-state index in [0.717, 1.165) is 31.5 Å². The Morgan fingerprint density at radius 1 is 1.27 bits per heavy atom. The highest BCUT2D eigenvalue weighted by Gasteiger charge is 2.51. The van der Waals surface area contributed by atoms with E-state index < -0.39 is 0 Å². The Bertz CT molecular complexity index is 776. The van der Waals surface area contributed by atoms with E-state index >= 15 is 0 Å². The van der Waals surface area contributed by atoms with Crippen molar-refractivity contribution in [3.05, 3.63) is 18.2 Å². The lowest BCUT2D eigenvalue weighted by molar-refractivity contribution is -0.120. The highest BCUT2D eigenvalue weighted by molar-refractivity contribution is 5.98. The fourth-order valence-electron chi connectivity index (χ4n) is 5.25. The van der Waals surface area contributed by atoms with E-state index in [1.807, 2.05) is 17.0 Å². The second-order valence-corrected chi connectivity index (χ2v) is 9.20. The molecule has 1 saturated carbocycles. The summed E-state index contributed by atoms with van der Waals surface area (Å²) in [6.45, 7) is 7.75. The average Bonchev–Trinajstić information content (AvgIpc) is 2.80. The van der Waals surface area contributed by atoms with E-state index in [2.05, 4.69) is 26.1 Å². The minimum absolute atomic E-state index is 0.0303. The van der Waals surface area contributed by atoms with E-state index in [1.165, 1.54) is 0 Å². The van der Waals surface area contributed by atoms with Gasteiger partial charge in [-0.15, -0.1) is 0 Å². The van der Waals surface area contributed by atoms with Crippen molar-refractivity contribution in [1.82, 2.24) is 4.90 Å². The number of ether oxygens (including phenoxy) is 1. The smallest absolute Gasteiger partial charge is 0.322 e. The predicted molar refractivity (Wildman–Crippen MR) is 101 cm³/mol. The molecular formula is C20H27N3O3. The quantitative estimate of drug-likeness (QED) is 0.837. The van der Waals surface area contributed by atoms with Crippen LogP contribution in [-0.2, 0) is 4.79 Å². The molecule has 1 N–H and O–H groups in total. The maximum atomic E-state index is 12.9. The first kappa shape index (κ1) is 17.2. The van der Waals surface area contributed by atoms with Crippen LogP contribution >= 0.6 is 0 Å². The van der Waals surface area contributed by atoms with Crippen molar-refractivity contribution >= 4 is 23.3 Å². The Hall–Kier alpha value is -2.24. The highest BCUT2D eigenvalue weighted by atomic mass is 16.5. The number of likely N-dealkylation sites (tertiary alicyclic amines) is 1. The summed E-state index contributed by atoms with van der Waals surface area (Å²) in [6, 6.07) is 5.69. The molecule has 2 atom stereocenters. The van der Waals surface area contributed by atoms with Crippen LogP contribution in [0.2, 0.25) is 0 Å². The zero-order valence-electron chi connectivity index (χ0n) is 16.0. The van der Waals surface area contributed by atoms with Gasteiger partial charge in [0.05, 0.1) is 5.69 Å². The lowest BCUT2D eigenvalue weighted by Crippen LogP contribution is -2.40. The summed E-state index contributed by atoms with van der Waals surface area (Å²) in [5, 5.41) is 3.02. The number of likely N-dealkylation sites (N-methyl/N-ethyl adjacent to an activating group) is 1. The van der Waals surface area contributed by atoms with Gasteiger partial charge >= 0.3 is 6.03 Å². The number of urea groups is 1. The predicted octanol–water partition coefficient (Wildman–Crippen LogP) is 3.47. The maximum absolute atomic E-state index is 12.9. The van der Waals surface area contributed by atoms with E-state index in [1.54, 1.807) is 18.0 Å². The molecule has 3 amide bonds. The molecule has 2 bridgehead atoms. The van der Waals surface area contributed by atoms with Crippen LogP contribution in [-0.4, -0.2) is 43.1 Å². The summed E-state index contributed by atoms with van der Waals surface area (Å²) in [5.41, 5.74) is 1.92. The van der Waals surface area contributed by atoms with Crippen molar-refractivity contribution in [2.24, 2.45) is 10.8 Å². The number of rotatable bonds is 1. The Kier molecular flexibility index (Phi) is 3.72. The number of nitrogens with one attached hydrogen (secondary N) is 1. The van der Waals surface area contributed by atoms with Crippen LogP contribution in [0.5, 0.6) is 5.75 Å². The van der Waals surface area contributed by atoms with Crippen LogP contribution in [0, 0.1) is 10.8 Å². The van der Waals surface area contributed by atoms with Crippen molar-refractivity contribution < 1.29 is 14.3 Å². The molecule has 1 aliphatic carbocycles. The van der Waals surface area contributed by atoms with E-state index in [9.17, 15) is 9.59 Å². The molecule has 6 nitrogen and oxygen atoms in total. The third-order valence-electron chi connectivity index (χ3n) is 5.97. The normalized spacial score (nSPS) is 29.2. The molecule has 0 unspecified atom stereocenters. The Morgan fingerprint density at radius 3 is 2.81 bits per heavy atom. The summed E-state index contributed by atoms with van der Waals surface area (Å²) in [4.78, 5) is 28.2. The van der Waals surface area contributed by atoms with E-state index in [-0.39, 0.29) is 29.4 Å². The zero-order valence-corrected chi connectivity index (χ0v) is 16.0. The van der Waals surface area contributed by atoms with Gasteiger partial charge in [0.15, 0.2) is 6.61 Å². The molecule has 0 spiro atoms. The monoisotopic (exact) mass is 357 g/mol. The SMILES string of the molecule is CN1C(=O)COc2cc(NC(=O)N3C[C@]4(C)C[C@H]3CC(C)(C)C4)ccc21. The van der Waals surface area contributed by atoms with Gasteiger partial charge in [0, 0.05) is 31.4 Å². The first-order chi connectivity index (χ1) is 12.2. The van der Waals surface area contributed by atoms with Crippen molar-refractivity contribution in [2.45, 2.75) is 46.1 Å². The number of carbonyl (C=O) groups excluding carboxylic acids is 2. The standard InChI is InChI=1S/C20H27N3O3/c1-19(2)8-14-9-20(3,11-19)12-23(14)18(25)21-13-5-6-15-16(7-13)26-10-17(24)22(15)4/h5-7,14H,8-12H2,1-4H3,(H,21,25)/t14-,20-/m1/s1. The Labute approximate surface area is 154 Å². The number of nitrogens with zero attached hydrogens (tertiary/aromatic N) is 2. The van der Waals surface area contributed by atoms with Crippen LogP contribution in [0.15, 0.2) is 18.2 Å². The van der Waals surface area contributed by atoms with Crippen molar-refractivity contribution in [3.8, 4) is 5.75 Å². The molecule has 0 aromatic heterocycles. The topological polar surface area (TPSA) is 61.9 Å². The number of hydrogen-bond donors (Lipinski definition) is 1. The van der Waals surface area contributed by atoms with Crippen LogP contribution < -0.4 is 15.0 Å². The molecule has 0 radical (unpaired) electrons. The van der Waals surface area contributed by atoms with Gasteiger partial charge in [0.1, 0.15) is 5.75 Å². The molecule has 3 aliphatic rings. The maximum Gasteiger partial charge on any atom is 0.322 e. The van der Waals surface area contributed by atoms with Gasteiger partial charge in [-0.25, -0.2) is 4.79 Å². The molecule has 4 rings (SSSR count). The fourth-order valence-corrected chi connectivity index (χ4v) is 5.25. The van der Waals surface area contributed by atoms with Gasteiger partial charge < -0.3 is 19.9 Å². The van der Waals surface area contributed by atoms with Gasteiger partial charge in [-0.3, -0.25) is 4.79 Å². The number of hydrogen-bond acceptors (Lipinski definition) is 3. The third-order valence-corrected chi connectivity index (χ3v) is 5.97. The summed E-state index contributed by atoms with van der Waals surface area (Å²) in [6.07, 6.45) is 3.30. The molecule has 1 aromatic carbocycles. The third kappa shape index (κ3) is 2.91. The summed E-state index contributed by atoms with van der Waals surface area (Å²) in [5.74, 6) is 0.549. The minimum atomic E-state index is -0.0746. The molecule has 2 aliphatic heterocycles. The van der Waals surface area contributed by atoms with Crippen LogP contribution in [0.3, 0.4) is 0 Å². The average molecular weight is 357 g/mol. The first-order valence-electron chi connectivity index (χ1n) is 9.27. The van der Waals surface area contributed by atoms with Crippen LogP contribution in [0.4, 0.5) is 16.2 Å². The van der Waals surface area contributed by atoms with E-state index in [0.29, 0.717) is 17.5 Å². The number of amides is 3. The molecule has 2 fully saturated rings. The summed E-state index contributed by atoms with van der Waals surface area (Å²) < 4.78 is 5.51. The summed E-state index contributed by atoms with van der Waals surface area (Å²) in [7, 11) is 1.73. The number of fused-ring (bicyclic) bond motifs is 3. The van der Waals surface area contributed by atoms with Crippen molar-refractivity contribution in [3.63, 3.8) is 0 Å². The van der Waals surface area contributed by atoms with Gasteiger partial charge in [-0.1, -0.05) is 20.8 Å². The molecule has 1 aromatic rings. The second-order valence-electron chi connectivity index (χ2n) is 9.20. The zero-order chi connectivity index (χ0) is 18.7. The molecule has 140 valence electrons. The largest absolute Gasteiger partial charge is 0.481 e. The second kappa shape index (κ2) is 5.63. The molecule has 1 saturated heterocycles. The lowest BCUT2D eigenvalue weighted by Gasteiger charge is -2.39. The number of carbonyl (C=O) groups is 2. The lowest BCUT2D eigenvalue weighted by atomic mass is 9.65. The van der Waals surface area contributed by atoms with Crippen molar-refractivity contribution in [2.75, 3.05) is 30.4 Å². The summed E-state index contributed by atoms with van der Waals surface area (Å²) >= 11 is 0. The van der Waals surface area contributed by atoms with Crippen molar-refractivity contribution in [1.29, 1.82) is 0 Å². The van der Waals surface area contributed by atoms with Crippen LogP contribution in [0.1, 0.15) is 40.0 Å². The molecular weight excluding hydrogens is 330 g/mol. The van der Waals surface area contributed by atoms with Gasteiger partial charge in [-0.2, -0.15) is 0 Å². The minimum Gasteiger partial charge on any atom is -0.481 e. The van der Waals surface area contributed by atoms with Gasteiger partial charge in [-0.05, 0) is 42.2 Å². The Morgan fingerprint density at radius 2 is 2.04 bits per heavy atom. The molecule has 26 heavy (non-hydrogen) atoms. The molecule has 2 heterocycles. The highest BCUT2D eigenvalue weighted by Crippen LogP contribution is 2.52. The number of anilines is 2. The van der Waals surface area contributed by atoms with Gasteiger partial charge in [0.25, 0.3) is 5.91 Å².